The maximum atomic E-state index is 12.6. The number of pyridine rings is 1. The van der Waals surface area contributed by atoms with Crippen molar-refractivity contribution in [2.75, 3.05) is 44.6 Å². The van der Waals surface area contributed by atoms with E-state index in [2.05, 4.69) is 15.4 Å². The minimum absolute atomic E-state index is 0.289. The first-order valence-electron chi connectivity index (χ1n) is 9.20. The second-order valence-electron chi connectivity index (χ2n) is 6.59. The molecular weight excluding hydrogens is 370 g/mol. The van der Waals surface area contributed by atoms with Crippen LogP contribution >= 0.6 is 0 Å². The molecule has 1 amide bonds. The van der Waals surface area contributed by atoms with Crippen molar-refractivity contribution in [2.45, 2.75) is 6.92 Å². The normalized spacial score (nSPS) is 10.6. The van der Waals surface area contributed by atoms with Crippen molar-refractivity contribution in [3.63, 3.8) is 0 Å². The molecule has 0 atom stereocenters. The summed E-state index contributed by atoms with van der Waals surface area (Å²) in [4.78, 5) is 18.9. The van der Waals surface area contributed by atoms with Crippen LogP contribution in [0, 0.1) is 6.92 Å². The van der Waals surface area contributed by atoms with Crippen molar-refractivity contribution >= 4 is 17.4 Å². The monoisotopic (exact) mass is 395 g/mol. The Balaban J connectivity index is 1.70. The van der Waals surface area contributed by atoms with Gasteiger partial charge in [-0.2, -0.15) is 5.10 Å². The Bertz CT molecular complexity index is 969. The average molecular weight is 395 g/mol. The van der Waals surface area contributed by atoms with Gasteiger partial charge in [0.15, 0.2) is 5.69 Å². The summed E-state index contributed by atoms with van der Waals surface area (Å²) in [6, 6.07) is 11.1. The fourth-order valence-corrected chi connectivity index (χ4v) is 2.78. The van der Waals surface area contributed by atoms with E-state index in [9.17, 15) is 4.79 Å². The van der Waals surface area contributed by atoms with E-state index in [0.29, 0.717) is 18.2 Å². The third-order valence-electron chi connectivity index (χ3n) is 4.46. The van der Waals surface area contributed by atoms with Gasteiger partial charge in [-0.15, -0.1) is 0 Å². The number of anilines is 2. The summed E-state index contributed by atoms with van der Waals surface area (Å²) in [6.07, 6.45) is 3.44. The molecule has 0 aliphatic heterocycles. The molecule has 0 saturated carbocycles. The largest absolute Gasteiger partial charge is 0.494 e. The molecule has 29 heavy (non-hydrogen) atoms. The Labute approximate surface area is 170 Å². The van der Waals surface area contributed by atoms with E-state index in [4.69, 9.17) is 9.47 Å². The van der Waals surface area contributed by atoms with Crippen molar-refractivity contribution in [1.29, 1.82) is 0 Å². The van der Waals surface area contributed by atoms with Gasteiger partial charge in [0.25, 0.3) is 5.91 Å². The quantitative estimate of drug-likeness (QED) is 0.632. The van der Waals surface area contributed by atoms with Gasteiger partial charge in [-0.05, 0) is 42.8 Å². The molecule has 3 aromatic rings. The van der Waals surface area contributed by atoms with Gasteiger partial charge >= 0.3 is 0 Å². The minimum atomic E-state index is -0.330. The van der Waals surface area contributed by atoms with Crippen LogP contribution in [0.1, 0.15) is 16.1 Å². The average Bonchev–Trinajstić information content (AvgIpc) is 3.23. The summed E-state index contributed by atoms with van der Waals surface area (Å²) < 4.78 is 12.1. The molecule has 0 saturated heterocycles. The van der Waals surface area contributed by atoms with Crippen molar-refractivity contribution in [1.82, 2.24) is 14.8 Å². The number of aromatic nitrogens is 3. The molecule has 0 unspecified atom stereocenters. The van der Waals surface area contributed by atoms with E-state index in [1.165, 1.54) is 0 Å². The van der Waals surface area contributed by atoms with Crippen LogP contribution in [0.25, 0.3) is 5.69 Å². The number of nitrogens with one attached hydrogen (secondary N) is 1. The molecule has 0 radical (unpaired) electrons. The molecular formula is C21H25N5O3. The van der Waals surface area contributed by atoms with Crippen LogP contribution in [0.4, 0.5) is 11.5 Å². The van der Waals surface area contributed by atoms with Gasteiger partial charge < -0.3 is 19.7 Å². The molecule has 2 heterocycles. The zero-order valence-electron chi connectivity index (χ0n) is 17.0. The molecule has 2 aromatic heterocycles. The lowest BCUT2D eigenvalue weighted by atomic mass is 10.2. The summed E-state index contributed by atoms with van der Waals surface area (Å²) in [6.45, 7) is 3.37. The highest BCUT2D eigenvalue weighted by Gasteiger charge is 2.13. The van der Waals surface area contributed by atoms with Crippen molar-refractivity contribution in [2.24, 2.45) is 0 Å². The second-order valence-corrected chi connectivity index (χ2v) is 6.59. The lowest BCUT2D eigenvalue weighted by Gasteiger charge is -2.18. The molecule has 0 aliphatic carbocycles. The summed E-state index contributed by atoms with van der Waals surface area (Å²) in [5, 5.41) is 7.15. The highest BCUT2D eigenvalue weighted by Crippen LogP contribution is 2.23. The maximum absolute atomic E-state index is 12.6. The molecule has 0 bridgehead atoms. The van der Waals surface area contributed by atoms with E-state index in [0.717, 1.165) is 23.5 Å². The molecule has 1 aromatic carbocycles. The van der Waals surface area contributed by atoms with Gasteiger partial charge in [-0.3, -0.25) is 4.79 Å². The number of likely N-dealkylation sites (N-methyl/N-ethyl adjacent to an activating group) is 1. The minimum Gasteiger partial charge on any atom is -0.494 e. The van der Waals surface area contributed by atoms with Crippen LogP contribution < -0.4 is 15.0 Å². The lowest BCUT2D eigenvalue weighted by molar-refractivity contribution is 0.102. The van der Waals surface area contributed by atoms with Crippen LogP contribution in [-0.4, -0.2) is 55.1 Å². The maximum Gasteiger partial charge on any atom is 0.277 e. The molecule has 8 nitrogen and oxygen atoms in total. The number of rotatable bonds is 8. The number of ether oxygens (including phenoxy) is 2. The third kappa shape index (κ3) is 4.91. The number of benzene rings is 1. The summed E-state index contributed by atoms with van der Waals surface area (Å²) >= 11 is 0. The topological polar surface area (TPSA) is 81.5 Å². The predicted molar refractivity (Wildman–Crippen MR) is 112 cm³/mol. The van der Waals surface area contributed by atoms with E-state index >= 15 is 0 Å². The van der Waals surface area contributed by atoms with Gasteiger partial charge in [-0.25, -0.2) is 9.67 Å². The highest BCUT2D eigenvalue weighted by atomic mass is 16.5. The second kappa shape index (κ2) is 9.20. The first-order chi connectivity index (χ1) is 14.0. The van der Waals surface area contributed by atoms with Crippen LogP contribution in [0.15, 0.2) is 48.8 Å². The fourth-order valence-electron chi connectivity index (χ4n) is 2.78. The van der Waals surface area contributed by atoms with E-state index < -0.39 is 0 Å². The number of amides is 1. The summed E-state index contributed by atoms with van der Waals surface area (Å²) in [5.74, 6) is 0.811. The Hall–Kier alpha value is -3.39. The Morgan fingerprint density at radius 3 is 2.72 bits per heavy atom. The molecule has 0 aliphatic rings. The van der Waals surface area contributed by atoms with Crippen LogP contribution in [-0.2, 0) is 4.74 Å². The van der Waals surface area contributed by atoms with Crippen molar-refractivity contribution in [3.8, 4) is 11.4 Å². The predicted octanol–water partition coefficient (Wildman–Crippen LogP) is 2.92. The van der Waals surface area contributed by atoms with Crippen molar-refractivity contribution < 1.29 is 14.3 Å². The standard InChI is InChI=1S/C21H25N5O3/c1-15-5-7-19(29-4)18(13-15)26-10-9-17(24-26)21(27)23-20-8-6-16(14-22-20)25(2)11-12-28-3/h5-10,13-14H,11-12H2,1-4H3,(H,22,23,27). The Morgan fingerprint density at radius 1 is 1.21 bits per heavy atom. The molecule has 8 heteroatoms. The number of hydrogen-bond donors (Lipinski definition) is 1. The Morgan fingerprint density at radius 2 is 2.03 bits per heavy atom. The van der Waals surface area contributed by atoms with E-state index in [-0.39, 0.29) is 11.6 Å². The molecule has 0 spiro atoms. The van der Waals surface area contributed by atoms with Crippen LogP contribution in [0.2, 0.25) is 0 Å². The molecule has 1 N–H and O–H groups in total. The molecule has 0 fully saturated rings. The number of carbonyl (C=O) groups is 1. The number of carbonyl (C=O) groups excluding carboxylic acids is 1. The van der Waals surface area contributed by atoms with E-state index in [1.54, 1.807) is 43.4 Å². The van der Waals surface area contributed by atoms with Gasteiger partial charge in [0, 0.05) is 26.9 Å². The SMILES string of the molecule is COCCN(C)c1ccc(NC(=O)c2ccn(-c3cc(C)ccc3OC)n2)nc1. The highest BCUT2D eigenvalue weighted by molar-refractivity contribution is 6.02. The summed E-state index contributed by atoms with van der Waals surface area (Å²) in [7, 11) is 5.23. The van der Waals surface area contributed by atoms with Crippen molar-refractivity contribution in [3.05, 3.63) is 60.0 Å². The lowest BCUT2D eigenvalue weighted by Crippen LogP contribution is -2.22. The number of hydrogen-bond acceptors (Lipinski definition) is 6. The van der Waals surface area contributed by atoms with Crippen LogP contribution in [0.3, 0.4) is 0 Å². The fraction of sp³-hybridized carbons (Fsp3) is 0.286. The van der Waals surface area contributed by atoms with Gasteiger partial charge in [-0.1, -0.05) is 6.07 Å². The smallest absolute Gasteiger partial charge is 0.277 e. The zero-order valence-corrected chi connectivity index (χ0v) is 17.0. The van der Waals surface area contributed by atoms with Crippen LogP contribution in [0.5, 0.6) is 5.75 Å². The summed E-state index contributed by atoms with van der Waals surface area (Å²) in [5.41, 5.74) is 3.07. The van der Waals surface area contributed by atoms with Gasteiger partial charge in [0.2, 0.25) is 0 Å². The van der Waals surface area contributed by atoms with Gasteiger partial charge in [0.1, 0.15) is 17.3 Å². The number of nitrogens with zero attached hydrogens (tertiary/aromatic N) is 4. The number of methoxy groups -OCH3 is 2. The zero-order chi connectivity index (χ0) is 20.8. The molecule has 3 rings (SSSR count). The number of aryl methyl sites for hydroxylation is 1. The van der Waals surface area contributed by atoms with Gasteiger partial charge in [0.05, 0.1) is 25.6 Å². The molecule has 152 valence electrons. The third-order valence-corrected chi connectivity index (χ3v) is 4.46. The first-order valence-corrected chi connectivity index (χ1v) is 9.20. The van der Waals surface area contributed by atoms with E-state index in [1.807, 2.05) is 43.1 Å². The first kappa shape index (κ1) is 20.3. The Kier molecular flexibility index (Phi) is 6.46.